The predicted molar refractivity (Wildman–Crippen MR) is 192 cm³/mol. The molecule has 1 aromatic carbocycles. The molecule has 0 bridgehead atoms. The summed E-state index contributed by atoms with van der Waals surface area (Å²) in [6, 6.07) is 7.26. The summed E-state index contributed by atoms with van der Waals surface area (Å²) in [7, 11) is 0. The summed E-state index contributed by atoms with van der Waals surface area (Å²) in [4.78, 5) is 33.9. The van der Waals surface area contributed by atoms with E-state index < -0.39 is 5.97 Å². The molecule has 0 fully saturated rings. The zero-order valence-electron chi connectivity index (χ0n) is 30.9. The van der Waals surface area contributed by atoms with Gasteiger partial charge in [-0.3, -0.25) is 9.59 Å². The number of rotatable bonds is 39. The van der Waals surface area contributed by atoms with Gasteiger partial charge in [0, 0.05) is 31.8 Å². The fourth-order valence-electron chi connectivity index (χ4n) is 3.98. The zero-order valence-corrected chi connectivity index (χ0v) is 30.9. The molecule has 0 aliphatic carbocycles. The highest BCUT2D eigenvalue weighted by Gasteiger charge is 2.07. The number of hydrogen-bond donors (Lipinski definition) is 3. The lowest BCUT2D eigenvalue weighted by Gasteiger charge is -2.09. The highest BCUT2D eigenvalue weighted by Crippen LogP contribution is 2.11. The van der Waals surface area contributed by atoms with Crippen LogP contribution in [-0.2, 0) is 57.0 Å². The van der Waals surface area contributed by atoms with Gasteiger partial charge in [-0.25, -0.2) is 4.79 Å². The van der Waals surface area contributed by atoms with Gasteiger partial charge in [0.25, 0.3) is 0 Å². The normalized spacial score (nSPS) is 11.1. The molecule has 0 heterocycles. The Morgan fingerprint density at radius 2 is 0.923 bits per heavy atom. The molecule has 0 atom stereocenters. The molecule has 16 heteroatoms. The molecule has 3 N–H and O–H groups in total. The molecule has 0 unspecified atom stereocenters. The third kappa shape index (κ3) is 31.8. The number of carbonyl (C=O) groups excluding carboxylic acids is 2. The molecule has 300 valence electrons. The van der Waals surface area contributed by atoms with Crippen molar-refractivity contribution in [3.8, 4) is 0 Å². The molecule has 0 saturated carbocycles. The number of anilines is 1. The van der Waals surface area contributed by atoms with E-state index in [0.29, 0.717) is 137 Å². The molecule has 16 nitrogen and oxygen atoms in total. The topological polar surface area (TPSA) is 188 Å². The quantitative estimate of drug-likeness (QED) is 0.0659. The first-order valence-electron chi connectivity index (χ1n) is 18.2. The molecule has 52 heavy (non-hydrogen) atoms. The summed E-state index contributed by atoms with van der Waals surface area (Å²) in [5.74, 6) is -1.63. The first-order valence-corrected chi connectivity index (χ1v) is 18.2. The third-order valence-corrected chi connectivity index (χ3v) is 6.77. The highest BCUT2D eigenvalue weighted by atomic mass is 16.6. The maximum absolute atomic E-state index is 12.1. The number of carbonyl (C=O) groups is 3. The van der Waals surface area contributed by atoms with Crippen LogP contribution in [-0.4, -0.2) is 162 Å². The SMILES string of the molecule is CCCCNc1ccc(C(=O)OCCOCCOCCOCCOCCOCCOCCOCCOCCOCCCNC(=O)CCC(=O)O)cc1. The Morgan fingerprint density at radius 3 is 1.33 bits per heavy atom. The first kappa shape index (κ1) is 47.1. The van der Waals surface area contributed by atoms with Crippen LogP contribution >= 0.6 is 0 Å². The fraction of sp³-hybridized carbons (Fsp3) is 0.750. The van der Waals surface area contributed by atoms with Crippen LogP contribution in [0, 0.1) is 0 Å². The van der Waals surface area contributed by atoms with Gasteiger partial charge >= 0.3 is 11.9 Å². The van der Waals surface area contributed by atoms with E-state index in [0.717, 1.165) is 25.1 Å². The summed E-state index contributed by atoms with van der Waals surface area (Å²) in [5, 5.41) is 14.5. The number of esters is 1. The standard InChI is InChI=1S/C36H62N2O14/c1-2-3-11-37-33-7-5-32(6-8-33)36(42)52-31-30-51-29-28-50-27-26-49-25-24-48-23-22-47-21-20-46-19-18-45-17-16-44-15-14-43-13-4-12-38-34(39)9-10-35(40)41/h5-8,37H,2-4,9-31H2,1H3,(H,38,39)(H,40,41). The van der Waals surface area contributed by atoms with Crippen LogP contribution < -0.4 is 10.6 Å². The molecule has 0 aliphatic heterocycles. The van der Waals surface area contributed by atoms with Gasteiger partial charge in [0.15, 0.2) is 0 Å². The van der Waals surface area contributed by atoms with Gasteiger partial charge in [-0.15, -0.1) is 0 Å². The summed E-state index contributed by atoms with van der Waals surface area (Å²) >= 11 is 0. The average Bonchev–Trinajstić information content (AvgIpc) is 3.14. The minimum Gasteiger partial charge on any atom is -0.481 e. The highest BCUT2D eigenvalue weighted by molar-refractivity contribution is 5.89. The van der Waals surface area contributed by atoms with Gasteiger partial charge in [-0.2, -0.15) is 0 Å². The Balaban J connectivity index is 1.70. The number of amides is 1. The van der Waals surface area contributed by atoms with Crippen molar-refractivity contribution in [3.05, 3.63) is 29.8 Å². The minimum absolute atomic E-state index is 0.0140. The van der Waals surface area contributed by atoms with Crippen LogP contribution in [0.2, 0.25) is 0 Å². The van der Waals surface area contributed by atoms with Gasteiger partial charge < -0.3 is 63.1 Å². The average molecular weight is 747 g/mol. The predicted octanol–water partition coefficient (Wildman–Crippen LogP) is 2.58. The van der Waals surface area contributed by atoms with Crippen molar-refractivity contribution in [2.45, 2.75) is 39.0 Å². The summed E-state index contributed by atoms with van der Waals surface area (Å²) < 4.78 is 54.3. The van der Waals surface area contributed by atoms with Crippen molar-refractivity contribution >= 4 is 23.5 Å². The van der Waals surface area contributed by atoms with Crippen LogP contribution in [0.1, 0.15) is 49.4 Å². The lowest BCUT2D eigenvalue weighted by molar-refractivity contribution is -0.138. The maximum atomic E-state index is 12.1. The van der Waals surface area contributed by atoms with Gasteiger partial charge in [0.2, 0.25) is 5.91 Å². The van der Waals surface area contributed by atoms with Gasteiger partial charge in [0.1, 0.15) is 6.61 Å². The second-order valence-corrected chi connectivity index (χ2v) is 11.1. The number of unbranched alkanes of at least 4 members (excludes halogenated alkanes) is 1. The van der Waals surface area contributed by atoms with Crippen molar-refractivity contribution in [3.63, 3.8) is 0 Å². The lowest BCUT2D eigenvalue weighted by atomic mass is 10.2. The largest absolute Gasteiger partial charge is 0.481 e. The van der Waals surface area contributed by atoms with Crippen LogP contribution in [0.4, 0.5) is 5.69 Å². The monoisotopic (exact) mass is 746 g/mol. The smallest absolute Gasteiger partial charge is 0.338 e. The van der Waals surface area contributed by atoms with Crippen LogP contribution in [0.3, 0.4) is 0 Å². The van der Waals surface area contributed by atoms with Crippen molar-refractivity contribution in [1.29, 1.82) is 0 Å². The zero-order chi connectivity index (χ0) is 37.6. The Bertz CT molecular complexity index is 986. The van der Waals surface area contributed by atoms with Gasteiger partial charge in [0.05, 0.1) is 124 Å². The van der Waals surface area contributed by atoms with E-state index in [-0.39, 0.29) is 31.3 Å². The van der Waals surface area contributed by atoms with Crippen LogP contribution in [0.25, 0.3) is 0 Å². The van der Waals surface area contributed by atoms with Gasteiger partial charge in [-0.05, 0) is 37.1 Å². The number of hydrogen-bond acceptors (Lipinski definition) is 14. The third-order valence-electron chi connectivity index (χ3n) is 6.77. The number of benzene rings is 1. The molecule has 0 saturated heterocycles. The van der Waals surface area contributed by atoms with E-state index in [2.05, 4.69) is 17.6 Å². The number of nitrogens with one attached hydrogen (secondary N) is 2. The van der Waals surface area contributed by atoms with E-state index in [4.69, 9.17) is 52.5 Å². The van der Waals surface area contributed by atoms with Crippen LogP contribution in [0.5, 0.6) is 0 Å². The Morgan fingerprint density at radius 1 is 0.519 bits per heavy atom. The van der Waals surface area contributed by atoms with Crippen molar-refractivity contribution in [2.75, 3.05) is 144 Å². The first-order chi connectivity index (χ1) is 25.5. The Kier molecular flexibility index (Phi) is 33.0. The summed E-state index contributed by atoms with van der Waals surface area (Å²) in [6.07, 6.45) is 2.70. The minimum atomic E-state index is -0.986. The second-order valence-electron chi connectivity index (χ2n) is 11.1. The van der Waals surface area contributed by atoms with E-state index >= 15 is 0 Å². The van der Waals surface area contributed by atoms with E-state index in [1.807, 2.05) is 12.1 Å². The van der Waals surface area contributed by atoms with Crippen molar-refractivity contribution < 1.29 is 66.9 Å². The van der Waals surface area contributed by atoms with E-state index in [9.17, 15) is 14.4 Å². The van der Waals surface area contributed by atoms with Crippen molar-refractivity contribution in [2.24, 2.45) is 0 Å². The van der Waals surface area contributed by atoms with E-state index in [1.165, 1.54) is 0 Å². The Labute approximate surface area is 308 Å². The van der Waals surface area contributed by atoms with Crippen LogP contribution in [0.15, 0.2) is 24.3 Å². The molecule has 1 aromatic rings. The molecular formula is C36H62N2O14. The second kappa shape index (κ2) is 36.4. The van der Waals surface area contributed by atoms with Gasteiger partial charge in [-0.1, -0.05) is 13.3 Å². The fourth-order valence-corrected chi connectivity index (χ4v) is 3.98. The molecule has 1 rings (SSSR count). The molecular weight excluding hydrogens is 684 g/mol. The van der Waals surface area contributed by atoms with Crippen molar-refractivity contribution in [1.82, 2.24) is 5.32 Å². The summed E-state index contributed by atoms with van der Waals surface area (Å²) in [5.41, 5.74) is 1.50. The molecule has 0 radical (unpaired) electrons. The number of carboxylic acid groups (broad SMARTS) is 1. The maximum Gasteiger partial charge on any atom is 0.338 e. The van der Waals surface area contributed by atoms with E-state index in [1.54, 1.807) is 12.1 Å². The molecule has 0 spiro atoms. The number of aliphatic carboxylic acids is 1. The number of carboxylic acids is 1. The lowest BCUT2D eigenvalue weighted by Crippen LogP contribution is -2.25. The number of ether oxygens (including phenoxy) is 10. The molecule has 0 aromatic heterocycles. The summed E-state index contributed by atoms with van der Waals surface area (Å²) in [6.45, 7) is 11.8. The molecule has 0 aliphatic rings. The molecule has 1 amide bonds. The Hall–Kier alpha value is -2.93.